The molecule has 5 nitrogen and oxygen atoms in total. The molecule has 0 radical (unpaired) electrons. The van der Waals surface area contributed by atoms with E-state index in [1.165, 1.54) is 35.7 Å². The number of carbonyl (C=O) groups excluding carboxylic acids is 2. The predicted molar refractivity (Wildman–Crippen MR) is 113 cm³/mol. The van der Waals surface area contributed by atoms with Gasteiger partial charge in [-0.1, -0.05) is 30.3 Å². The highest BCUT2D eigenvalue weighted by Crippen LogP contribution is 2.46. The van der Waals surface area contributed by atoms with E-state index in [2.05, 4.69) is 10.5 Å². The molecule has 3 rings (SSSR count). The van der Waals surface area contributed by atoms with Crippen LogP contribution >= 0.6 is 11.3 Å². The van der Waals surface area contributed by atoms with Crippen LogP contribution in [0.25, 0.3) is 10.1 Å². The Hall–Kier alpha value is -3.48. The first-order valence-corrected chi connectivity index (χ1v) is 10.2. The van der Waals surface area contributed by atoms with Crippen molar-refractivity contribution in [1.29, 1.82) is 0 Å². The second kappa shape index (κ2) is 9.05. The number of amides is 2. The van der Waals surface area contributed by atoms with Crippen molar-refractivity contribution in [2.75, 3.05) is 5.32 Å². The molecule has 1 heterocycles. The van der Waals surface area contributed by atoms with Crippen LogP contribution in [-0.2, 0) is 4.79 Å². The molecule has 0 atom stereocenters. The van der Waals surface area contributed by atoms with Gasteiger partial charge in [0.25, 0.3) is 5.91 Å². The van der Waals surface area contributed by atoms with E-state index < -0.39 is 35.5 Å². The number of benzene rings is 2. The molecule has 0 fully saturated rings. The Morgan fingerprint density at radius 2 is 1.53 bits per heavy atom. The lowest BCUT2D eigenvalue weighted by molar-refractivity contribution is -0.343. The van der Waals surface area contributed by atoms with Crippen LogP contribution in [0.5, 0.6) is 0 Å². The molecule has 2 N–H and O–H groups in total. The number of nitrogens with one attached hydrogen (secondary N) is 2. The van der Waals surface area contributed by atoms with Gasteiger partial charge in [0.05, 0.1) is 11.3 Å². The molecule has 2 aromatic carbocycles. The number of fused-ring (bicyclic) bond motifs is 1. The van der Waals surface area contributed by atoms with Gasteiger partial charge in [0.1, 0.15) is 0 Å². The summed E-state index contributed by atoms with van der Waals surface area (Å²) in [6.45, 7) is 1.50. The summed E-state index contributed by atoms with van der Waals surface area (Å²) in [7, 11) is 0. The number of hydrogen-bond donors (Lipinski definition) is 2. The summed E-state index contributed by atoms with van der Waals surface area (Å²) >= 11 is 1.38. The maximum absolute atomic E-state index is 13.4. The Morgan fingerprint density at radius 3 is 2.15 bits per heavy atom. The lowest BCUT2D eigenvalue weighted by atomic mass is 10.1. The van der Waals surface area contributed by atoms with Gasteiger partial charge in [-0.2, -0.15) is 35.8 Å². The predicted octanol–water partition coefficient (Wildman–Crippen LogP) is 5.83. The SMILES string of the molecule is C/C(=N\NC(=O)c1csc2ccccc12)c1ccc(NC(=O)C(F)(F)C(F)(F)C(F)(F)F)cc1. The second-order valence-electron chi connectivity index (χ2n) is 6.96. The van der Waals surface area contributed by atoms with E-state index in [1.54, 1.807) is 17.5 Å². The first-order valence-electron chi connectivity index (χ1n) is 9.31. The summed E-state index contributed by atoms with van der Waals surface area (Å²) in [6, 6.07) is 11.7. The van der Waals surface area contributed by atoms with Crippen molar-refractivity contribution in [2.24, 2.45) is 5.10 Å². The van der Waals surface area contributed by atoms with Crippen molar-refractivity contribution in [1.82, 2.24) is 5.43 Å². The first kappa shape index (κ1) is 25.1. The minimum Gasteiger partial charge on any atom is -0.321 e. The number of anilines is 1. The van der Waals surface area contributed by atoms with Crippen LogP contribution in [0, 0.1) is 0 Å². The van der Waals surface area contributed by atoms with Crippen LogP contribution in [0.15, 0.2) is 59.0 Å². The molecule has 0 spiro atoms. The molecule has 1 aromatic heterocycles. The van der Waals surface area contributed by atoms with E-state index in [-0.39, 0.29) is 5.71 Å². The number of nitrogens with zero attached hydrogens (tertiary/aromatic N) is 1. The Balaban J connectivity index is 1.68. The third-order valence-corrected chi connectivity index (χ3v) is 5.61. The van der Waals surface area contributed by atoms with Crippen molar-refractivity contribution < 1.29 is 40.3 Å². The molecule has 0 aliphatic heterocycles. The van der Waals surface area contributed by atoms with Crippen molar-refractivity contribution in [3.63, 3.8) is 0 Å². The molecular weight excluding hydrogens is 491 g/mol. The maximum Gasteiger partial charge on any atom is 0.460 e. The van der Waals surface area contributed by atoms with Crippen LogP contribution in [-0.4, -0.2) is 35.5 Å². The molecule has 0 saturated heterocycles. The van der Waals surface area contributed by atoms with Gasteiger partial charge in [-0.25, -0.2) is 5.43 Å². The Labute approximate surface area is 191 Å². The summed E-state index contributed by atoms with van der Waals surface area (Å²) in [5.74, 6) is -15.9. The fourth-order valence-electron chi connectivity index (χ4n) is 2.74. The van der Waals surface area contributed by atoms with Gasteiger partial charge in [-0.15, -0.1) is 11.3 Å². The van der Waals surface area contributed by atoms with E-state index in [1.807, 2.05) is 12.1 Å². The molecule has 0 aliphatic rings. The average Bonchev–Trinajstić information content (AvgIpc) is 3.21. The van der Waals surface area contributed by atoms with Crippen molar-refractivity contribution >= 4 is 44.6 Å². The molecule has 0 aliphatic carbocycles. The molecule has 0 bridgehead atoms. The highest BCUT2D eigenvalue weighted by atomic mass is 32.1. The van der Waals surface area contributed by atoms with Crippen molar-refractivity contribution in [3.8, 4) is 0 Å². The zero-order valence-electron chi connectivity index (χ0n) is 17.0. The van der Waals surface area contributed by atoms with E-state index >= 15 is 0 Å². The van der Waals surface area contributed by atoms with Crippen molar-refractivity contribution in [2.45, 2.75) is 24.9 Å². The number of hydrogen-bond acceptors (Lipinski definition) is 4. The van der Waals surface area contributed by atoms with Gasteiger partial charge in [0.2, 0.25) is 0 Å². The number of carbonyl (C=O) groups is 2. The second-order valence-corrected chi connectivity index (χ2v) is 7.87. The average molecular weight is 505 g/mol. The first-order chi connectivity index (χ1) is 15.8. The molecular formula is C21H14F7N3O2S. The zero-order valence-corrected chi connectivity index (χ0v) is 17.8. The molecule has 180 valence electrons. The maximum atomic E-state index is 13.4. The monoisotopic (exact) mass is 505 g/mol. The number of thiophene rings is 1. The number of rotatable bonds is 6. The summed E-state index contributed by atoms with van der Waals surface area (Å²) < 4.78 is 90.4. The highest BCUT2D eigenvalue weighted by molar-refractivity contribution is 7.17. The Kier molecular flexibility index (Phi) is 6.69. The fraction of sp³-hybridized carbons (Fsp3) is 0.190. The van der Waals surface area contributed by atoms with Gasteiger partial charge < -0.3 is 5.32 Å². The van der Waals surface area contributed by atoms with Gasteiger partial charge >= 0.3 is 23.9 Å². The topological polar surface area (TPSA) is 70.6 Å². The van der Waals surface area contributed by atoms with Crippen LogP contribution in [0.4, 0.5) is 36.4 Å². The zero-order chi connectivity index (χ0) is 25.3. The fourth-order valence-corrected chi connectivity index (χ4v) is 3.68. The number of hydrazone groups is 1. The Bertz CT molecular complexity index is 1250. The van der Waals surface area contributed by atoms with E-state index in [4.69, 9.17) is 0 Å². The number of halogens is 7. The lowest BCUT2D eigenvalue weighted by Gasteiger charge is -2.27. The minimum absolute atomic E-state index is 0.264. The van der Waals surface area contributed by atoms with E-state index in [0.29, 0.717) is 11.1 Å². The third-order valence-electron chi connectivity index (χ3n) is 4.65. The van der Waals surface area contributed by atoms with E-state index in [0.717, 1.165) is 22.2 Å². The van der Waals surface area contributed by atoms with Crippen LogP contribution < -0.4 is 10.7 Å². The third kappa shape index (κ3) is 4.74. The molecule has 13 heteroatoms. The van der Waals surface area contributed by atoms with Gasteiger partial charge in [0.15, 0.2) is 0 Å². The normalized spacial score (nSPS) is 13.1. The van der Waals surface area contributed by atoms with Crippen LogP contribution in [0.3, 0.4) is 0 Å². The summed E-state index contributed by atoms with van der Waals surface area (Å²) in [6.07, 6.45) is -6.62. The highest BCUT2D eigenvalue weighted by Gasteiger charge is 2.76. The molecule has 0 saturated carbocycles. The molecule has 0 unspecified atom stereocenters. The van der Waals surface area contributed by atoms with Crippen LogP contribution in [0.2, 0.25) is 0 Å². The lowest BCUT2D eigenvalue weighted by Crippen LogP contribution is -2.57. The summed E-state index contributed by atoms with van der Waals surface area (Å²) in [5.41, 5.74) is 2.94. The quantitative estimate of drug-likeness (QED) is 0.252. The number of alkyl halides is 7. The molecule has 34 heavy (non-hydrogen) atoms. The van der Waals surface area contributed by atoms with Gasteiger partial charge in [-0.3, -0.25) is 9.59 Å². The van der Waals surface area contributed by atoms with Gasteiger partial charge in [0, 0.05) is 21.2 Å². The van der Waals surface area contributed by atoms with E-state index in [9.17, 15) is 40.3 Å². The minimum atomic E-state index is -6.62. The largest absolute Gasteiger partial charge is 0.460 e. The van der Waals surface area contributed by atoms with Gasteiger partial charge in [-0.05, 0) is 30.7 Å². The molecule has 3 aromatic rings. The van der Waals surface area contributed by atoms with Crippen LogP contribution in [0.1, 0.15) is 22.8 Å². The summed E-state index contributed by atoms with van der Waals surface area (Å²) in [5, 5.41) is 7.68. The van der Waals surface area contributed by atoms with Crippen molar-refractivity contribution in [3.05, 3.63) is 65.0 Å². The standard InChI is InChI=1S/C21H14F7N3O2S/c1-11(30-31-17(32)15-10-34-16-5-3-2-4-14(15)16)12-6-8-13(9-7-12)29-18(33)19(22,23)20(24,25)21(26,27)28/h2-10H,1H3,(H,29,33)(H,31,32)/b30-11+. The summed E-state index contributed by atoms with van der Waals surface area (Å²) in [4.78, 5) is 23.8. The Morgan fingerprint density at radius 1 is 0.912 bits per heavy atom. The molecule has 2 amide bonds. The smallest absolute Gasteiger partial charge is 0.321 e.